The molecule has 1 saturated heterocycles. The lowest BCUT2D eigenvalue weighted by Crippen LogP contribution is -2.48. The first kappa shape index (κ1) is 20.9. The van der Waals surface area contributed by atoms with E-state index in [2.05, 4.69) is 15.4 Å². The maximum Gasteiger partial charge on any atom is 0.254 e. The van der Waals surface area contributed by atoms with Gasteiger partial charge in [-0.25, -0.2) is 8.78 Å². The summed E-state index contributed by atoms with van der Waals surface area (Å²) >= 11 is 0. The normalized spacial score (nSPS) is 14.8. The third-order valence-electron chi connectivity index (χ3n) is 5.09. The summed E-state index contributed by atoms with van der Waals surface area (Å²) in [7, 11) is 0. The van der Waals surface area contributed by atoms with Gasteiger partial charge in [0.2, 0.25) is 5.91 Å². The molecule has 0 saturated carbocycles. The molecule has 1 N–H and O–H groups in total. The number of nitrogens with one attached hydrogen (secondary N) is 1. The fourth-order valence-electron chi connectivity index (χ4n) is 3.32. The molecule has 2 heterocycles. The highest BCUT2D eigenvalue weighted by molar-refractivity contribution is 5.94. The molecule has 2 amide bonds. The van der Waals surface area contributed by atoms with Gasteiger partial charge in [0.15, 0.2) is 0 Å². The lowest BCUT2D eigenvalue weighted by atomic mass is 10.1. The Morgan fingerprint density at radius 3 is 2.52 bits per heavy atom. The number of amides is 2. The highest BCUT2D eigenvalue weighted by Crippen LogP contribution is 2.16. The Labute approximate surface area is 167 Å². The molecule has 1 aromatic heterocycles. The average molecular weight is 406 g/mol. The van der Waals surface area contributed by atoms with Crippen LogP contribution in [0.4, 0.5) is 8.78 Å². The quantitative estimate of drug-likeness (QED) is 0.794. The second kappa shape index (κ2) is 9.13. The number of piperazine rings is 1. The predicted octanol–water partition coefficient (Wildman–Crippen LogP) is 2.03. The van der Waals surface area contributed by atoms with Crippen molar-refractivity contribution in [1.82, 2.24) is 20.3 Å². The van der Waals surface area contributed by atoms with E-state index in [1.165, 1.54) is 0 Å². The van der Waals surface area contributed by atoms with E-state index in [1.54, 1.807) is 4.90 Å². The molecule has 7 nitrogen and oxygen atoms in total. The van der Waals surface area contributed by atoms with Crippen molar-refractivity contribution in [1.29, 1.82) is 0 Å². The SMILES string of the molecule is Cc1noc(C)c1CN1CCN(C(=O)CCNC(=O)c2ccc(F)cc2F)CC1. The van der Waals surface area contributed by atoms with Crippen molar-refractivity contribution in [3.63, 3.8) is 0 Å². The van der Waals surface area contributed by atoms with Gasteiger partial charge >= 0.3 is 0 Å². The van der Waals surface area contributed by atoms with Crippen LogP contribution in [0.3, 0.4) is 0 Å². The smallest absolute Gasteiger partial charge is 0.254 e. The van der Waals surface area contributed by atoms with Gasteiger partial charge in [-0.2, -0.15) is 0 Å². The Morgan fingerprint density at radius 2 is 1.90 bits per heavy atom. The largest absolute Gasteiger partial charge is 0.361 e. The van der Waals surface area contributed by atoms with Crippen molar-refractivity contribution in [2.45, 2.75) is 26.8 Å². The Morgan fingerprint density at radius 1 is 1.17 bits per heavy atom. The second-order valence-corrected chi connectivity index (χ2v) is 7.09. The summed E-state index contributed by atoms with van der Waals surface area (Å²) < 4.78 is 31.7. The zero-order chi connectivity index (χ0) is 21.0. The molecule has 1 aliphatic heterocycles. The molecule has 3 rings (SSSR count). The van der Waals surface area contributed by atoms with E-state index in [9.17, 15) is 18.4 Å². The lowest BCUT2D eigenvalue weighted by molar-refractivity contribution is -0.132. The third kappa shape index (κ3) is 5.17. The summed E-state index contributed by atoms with van der Waals surface area (Å²) in [6, 6.07) is 2.76. The number of carbonyl (C=O) groups is 2. The van der Waals surface area contributed by atoms with Gasteiger partial charge in [-0.15, -0.1) is 0 Å². The number of nitrogens with zero attached hydrogens (tertiary/aromatic N) is 3. The Balaban J connectivity index is 1.41. The minimum atomic E-state index is -0.928. The fraction of sp³-hybridized carbons (Fsp3) is 0.450. The van der Waals surface area contributed by atoms with E-state index in [0.29, 0.717) is 19.2 Å². The van der Waals surface area contributed by atoms with Crippen LogP contribution in [-0.2, 0) is 11.3 Å². The van der Waals surface area contributed by atoms with Gasteiger partial charge in [0.1, 0.15) is 17.4 Å². The van der Waals surface area contributed by atoms with Gasteiger partial charge in [0.25, 0.3) is 5.91 Å². The van der Waals surface area contributed by atoms with Crippen molar-refractivity contribution < 1.29 is 22.9 Å². The summed E-state index contributed by atoms with van der Waals surface area (Å²) in [6.45, 7) is 7.31. The molecule has 1 aromatic carbocycles. The molecular formula is C20H24F2N4O3. The molecule has 2 aromatic rings. The van der Waals surface area contributed by atoms with Crippen molar-refractivity contribution in [3.05, 3.63) is 52.4 Å². The van der Waals surface area contributed by atoms with E-state index in [1.807, 2.05) is 13.8 Å². The number of aryl methyl sites for hydroxylation is 2. The van der Waals surface area contributed by atoms with Crippen LogP contribution in [0.15, 0.2) is 22.7 Å². The topological polar surface area (TPSA) is 78.7 Å². The summed E-state index contributed by atoms with van der Waals surface area (Å²) in [6.07, 6.45) is 0.123. The van der Waals surface area contributed by atoms with Gasteiger partial charge in [0, 0.05) is 57.3 Å². The molecule has 29 heavy (non-hydrogen) atoms. The number of halogens is 2. The van der Waals surface area contributed by atoms with Crippen molar-refractivity contribution in [2.24, 2.45) is 0 Å². The second-order valence-electron chi connectivity index (χ2n) is 7.09. The molecule has 0 radical (unpaired) electrons. The zero-order valence-corrected chi connectivity index (χ0v) is 16.5. The van der Waals surface area contributed by atoms with E-state index >= 15 is 0 Å². The standard InChI is InChI=1S/C20H24F2N4O3/c1-13-17(14(2)29-24-13)12-25-7-9-26(10-8-25)19(27)5-6-23-20(28)16-4-3-15(21)11-18(16)22/h3-4,11H,5-10,12H2,1-2H3,(H,23,28). The minimum absolute atomic E-state index is 0.0677. The molecule has 0 atom stereocenters. The highest BCUT2D eigenvalue weighted by atomic mass is 19.1. The number of hydrogen-bond donors (Lipinski definition) is 1. The van der Waals surface area contributed by atoms with Crippen LogP contribution in [0, 0.1) is 25.5 Å². The van der Waals surface area contributed by atoms with Crippen LogP contribution in [0.1, 0.15) is 33.8 Å². The Bertz CT molecular complexity index is 872. The van der Waals surface area contributed by atoms with E-state index in [-0.39, 0.29) is 24.4 Å². The molecule has 0 spiro atoms. The van der Waals surface area contributed by atoms with E-state index in [0.717, 1.165) is 48.8 Å². The van der Waals surface area contributed by atoms with E-state index < -0.39 is 17.5 Å². The molecule has 0 bridgehead atoms. The fourth-order valence-corrected chi connectivity index (χ4v) is 3.32. The van der Waals surface area contributed by atoms with Crippen LogP contribution < -0.4 is 5.32 Å². The number of benzene rings is 1. The van der Waals surface area contributed by atoms with Gasteiger partial charge in [0.05, 0.1) is 11.3 Å². The van der Waals surface area contributed by atoms with Crippen molar-refractivity contribution in [3.8, 4) is 0 Å². The average Bonchev–Trinajstić information content (AvgIpc) is 3.00. The van der Waals surface area contributed by atoms with Gasteiger partial charge in [-0.1, -0.05) is 5.16 Å². The molecule has 156 valence electrons. The first-order valence-corrected chi connectivity index (χ1v) is 9.50. The monoisotopic (exact) mass is 406 g/mol. The first-order chi connectivity index (χ1) is 13.8. The summed E-state index contributed by atoms with van der Waals surface area (Å²) in [5.74, 6) is -1.60. The van der Waals surface area contributed by atoms with Gasteiger partial charge in [-0.3, -0.25) is 14.5 Å². The zero-order valence-electron chi connectivity index (χ0n) is 16.5. The van der Waals surface area contributed by atoms with Gasteiger partial charge < -0.3 is 14.7 Å². The molecule has 0 aliphatic carbocycles. The van der Waals surface area contributed by atoms with Crippen LogP contribution in [0.2, 0.25) is 0 Å². The highest BCUT2D eigenvalue weighted by Gasteiger charge is 2.23. The molecule has 0 unspecified atom stereocenters. The first-order valence-electron chi connectivity index (χ1n) is 9.50. The molecule has 9 heteroatoms. The number of aromatic nitrogens is 1. The van der Waals surface area contributed by atoms with Crippen LogP contribution in [0.5, 0.6) is 0 Å². The predicted molar refractivity (Wildman–Crippen MR) is 101 cm³/mol. The third-order valence-corrected chi connectivity index (χ3v) is 5.09. The Kier molecular flexibility index (Phi) is 6.58. The molecular weight excluding hydrogens is 382 g/mol. The Hall–Kier alpha value is -2.81. The minimum Gasteiger partial charge on any atom is -0.361 e. The molecule has 1 aliphatic rings. The van der Waals surface area contributed by atoms with Crippen molar-refractivity contribution >= 4 is 11.8 Å². The maximum absolute atomic E-state index is 13.6. The van der Waals surface area contributed by atoms with Gasteiger partial charge in [-0.05, 0) is 26.0 Å². The summed E-state index contributed by atoms with van der Waals surface area (Å²) in [5, 5.41) is 6.47. The number of carbonyl (C=O) groups excluding carboxylic acids is 2. The lowest BCUT2D eigenvalue weighted by Gasteiger charge is -2.34. The van der Waals surface area contributed by atoms with E-state index in [4.69, 9.17) is 4.52 Å². The van der Waals surface area contributed by atoms with Crippen LogP contribution in [-0.4, -0.2) is 59.5 Å². The maximum atomic E-state index is 13.6. The van der Waals surface area contributed by atoms with Crippen LogP contribution in [0.25, 0.3) is 0 Å². The van der Waals surface area contributed by atoms with Crippen LogP contribution >= 0.6 is 0 Å². The molecule has 1 fully saturated rings. The number of rotatable bonds is 6. The number of hydrogen-bond acceptors (Lipinski definition) is 5. The summed E-state index contributed by atoms with van der Waals surface area (Å²) in [5.41, 5.74) is 1.72. The summed E-state index contributed by atoms with van der Waals surface area (Å²) in [4.78, 5) is 28.3. The van der Waals surface area contributed by atoms with Crippen molar-refractivity contribution in [2.75, 3.05) is 32.7 Å².